The molecule has 0 fully saturated rings. The number of amides is 2. The van der Waals surface area contributed by atoms with Crippen LogP contribution in [0.5, 0.6) is 0 Å². The Hall–Kier alpha value is -2.94. The number of nitrogens with one attached hydrogen (secondary N) is 2. The number of aromatic nitrogens is 1. The highest BCUT2D eigenvalue weighted by Gasteiger charge is 2.18. The maximum absolute atomic E-state index is 12.4. The third-order valence-corrected chi connectivity index (χ3v) is 5.12. The Bertz CT molecular complexity index is 900. The molecule has 156 valence electrons. The summed E-state index contributed by atoms with van der Waals surface area (Å²) in [6, 6.07) is 5.38. The van der Waals surface area contributed by atoms with Gasteiger partial charge in [0.05, 0.1) is 11.4 Å². The maximum atomic E-state index is 12.4. The van der Waals surface area contributed by atoms with Crippen LogP contribution in [0, 0.1) is 13.8 Å². The second-order valence-electron chi connectivity index (χ2n) is 6.77. The Labute approximate surface area is 173 Å². The molecule has 0 aliphatic heterocycles. The fraction of sp³-hybridized carbons (Fsp3) is 0.400. The normalized spacial score (nSPS) is 10.7. The summed E-state index contributed by atoms with van der Waals surface area (Å²) in [5.41, 5.74) is 2.31. The number of Topliss-reactive ketones (excluding diaryl/α,β-unsaturated/α-hetero) is 1. The van der Waals surface area contributed by atoms with Crippen molar-refractivity contribution < 1.29 is 23.9 Å². The third-order valence-electron chi connectivity index (χ3n) is 4.25. The molecule has 0 aromatic carbocycles. The van der Waals surface area contributed by atoms with Crippen LogP contribution in [0.3, 0.4) is 0 Å². The Kier molecular flexibility index (Phi) is 7.72. The summed E-state index contributed by atoms with van der Waals surface area (Å²) in [5.74, 6) is -1.91. The van der Waals surface area contributed by atoms with Crippen LogP contribution >= 0.6 is 11.3 Å². The molecule has 2 aromatic rings. The van der Waals surface area contributed by atoms with Gasteiger partial charge < -0.3 is 19.9 Å². The van der Waals surface area contributed by atoms with Crippen LogP contribution < -0.4 is 10.6 Å². The van der Waals surface area contributed by atoms with E-state index in [2.05, 4.69) is 10.6 Å². The van der Waals surface area contributed by atoms with Gasteiger partial charge in [0.25, 0.3) is 5.91 Å². The van der Waals surface area contributed by atoms with Gasteiger partial charge in [-0.1, -0.05) is 6.07 Å². The van der Waals surface area contributed by atoms with E-state index in [1.165, 1.54) is 11.3 Å². The molecule has 0 aliphatic carbocycles. The van der Waals surface area contributed by atoms with Crippen molar-refractivity contribution in [3.05, 3.63) is 45.4 Å². The van der Waals surface area contributed by atoms with Gasteiger partial charge in [-0.3, -0.25) is 19.2 Å². The number of hydrogen-bond acceptors (Lipinski definition) is 6. The van der Waals surface area contributed by atoms with Gasteiger partial charge in [0.2, 0.25) is 11.7 Å². The van der Waals surface area contributed by atoms with Crippen LogP contribution in [0.15, 0.2) is 23.6 Å². The van der Waals surface area contributed by atoms with Crippen LogP contribution in [0.25, 0.3) is 0 Å². The number of ketones is 1. The highest BCUT2D eigenvalue weighted by atomic mass is 32.1. The van der Waals surface area contributed by atoms with Gasteiger partial charge in [0, 0.05) is 23.0 Å². The van der Waals surface area contributed by atoms with E-state index in [4.69, 9.17) is 4.74 Å². The molecule has 2 heterocycles. The topological polar surface area (TPSA) is 106 Å². The number of rotatable bonds is 9. The van der Waals surface area contributed by atoms with E-state index < -0.39 is 18.5 Å². The molecule has 2 amide bonds. The van der Waals surface area contributed by atoms with E-state index in [1.54, 1.807) is 23.6 Å². The molecular weight excluding hydrogens is 394 g/mol. The molecule has 29 heavy (non-hydrogen) atoms. The van der Waals surface area contributed by atoms with Crippen molar-refractivity contribution in [3.8, 4) is 0 Å². The number of hydrogen-bond donors (Lipinski definition) is 2. The molecule has 0 spiro atoms. The summed E-state index contributed by atoms with van der Waals surface area (Å²) in [6.07, 6.45) is 0. The zero-order chi connectivity index (χ0) is 21.6. The first-order valence-corrected chi connectivity index (χ1v) is 10.0. The Morgan fingerprint density at radius 3 is 2.45 bits per heavy atom. The first-order chi connectivity index (χ1) is 13.7. The van der Waals surface area contributed by atoms with Gasteiger partial charge in [0.1, 0.15) is 6.54 Å². The van der Waals surface area contributed by atoms with E-state index in [9.17, 15) is 19.2 Å². The Morgan fingerprint density at radius 1 is 1.14 bits per heavy atom. The highest BCUT2D eigenvalue weighted by molar-refractivity contribution is 7.12. The molecule has 2 aromatic heterocycles. The molecular formula is C20H25N3O5S. The molecule has 0 aliphatic rings. The van der Waals surface area contributed by atoms with Crippen LogP contribution in [0.2, 0.25) is 0 Å². The second-order valence-corrected chi connectivity index (χ2v) is 7.72. The van der Waals surface area contributed by atoms with Crippen molar-refractivity contribution in [2.45, 2.75) is 33.7 Å². The smallest absolute Gasteiger partial charge is 0.325 e. The SMILES string of the molecule is Cc1cc(C(=O)COC(=O)CNC(=O)CNC(=O)c2cccs2)c(C)n1C(C)C. The molecule has 0 unspecified atom stereocenters. The van der Waals surface area contributed by atoms with Gasteiger partial charge in [-0.15, -0.1) is 11.3 Å². The number of esters is 1. The summed E-state index contributed by atoms with van der Waals surface area (Å²) in [5, 5.41) is 6.56. The van der Waals surface area contributed by atoms with E-state index in [-0.39, 0.29) is 30.8 Å². The van der Waals surface area contributed by atoms with Crippen LogP contribution in [0.1, 0.15) is 51.3 Å². The lowest BCUT2D eigenvalue weighted by molar-refractivity contribution is -0.142. The standard InChI is InChI=1S/C20H25N3O5S/c1-12(2)23-13(3)8-15(14(23)4)16(24)11-28-19(26)10-21-18(25)9-22-20(27)17-6-5-7-29-17/h5-8,12H,9-11H2,1-4H3,(H,21,25)(H,22,27). The van der Waals surface area contributed by atoms with Gasteiger partial charge in [-0.25, -0.2) is 0 Å². The molecule has 0 radical (unpaired) electrons. The Balaban J connectivity index is 1.74. The van der Waals surface area contributed by atoms with Gasteiger partial charge in [0.15, 0.2) is 6.61 Å². The molecule has 2 rings (SSSR count). The first kappa shape index (κ1) is 22.4. The minimum Gasteiger partial charge on any atom is -0.456 e. The lowest BCUT2D eigenvalue weighted by Crippen LogP contribution is -2.39. The lowest BCUT2D eigenvalue weighted by Gasteiger charge is -2.13. The van der Waals surface area contributed by atoms with Crippen molar-refractivity contribution in [1.82, 2.24) is 15.2 Å². The maximum Gasteiger partial charge on any atom is 0.325 e. The average Bonchev–Trinajstić information content (AvgIpc) is 3.30. The first-order valence-electron chi connectivity index (χ1n) is 9.16. The largest absolute Gasteiger partial charge is 0.456 e. The van der Waals surface area contributed by atoms with Crippen molar-refractivity contribution in [3.63, 3.8) is 0 Å². The van der Waals surface area contributed by atoms with Crippen molar-refractivity contribution in [2.75, 3.05) is 19.7 Å². The predicted octanol–water partition coefficient (Wildman–Crippen LogP) is 2.02. The molecule has 0 atom stereocenters. The minimum atomic E-state index is -0.728. The van der Waals surface area contributed by atoms with E-state index in [1.807, 2.05) is 32.3 Å². The predicted molar refractivity (Wildman–Crippen MR) is 109 cm³/mol. The quantitative estimate of drug-likeness (QED) is 0.478. The number of aryl methyl sites for hydroxylation is 1. The fourth-order valence-corrected chi connectivity index (χ4v) is 3.66. The third kappa shape index (κ3) is 6.02. The fourth-order valence-electron chi connectivity index (χ4n) is 3.02. The minimum absolute atomic E-state index is 0.217. The summed E-state index contributed by atoms with van der Waals surface area (Å²) in [4.78, 5) is 48.1. The van der Waals surface area contributed by atoms with Crippen LogP contribution in [0.4, 0.5) is 0 Å². The monoisotopic (exact) mass is 419 g/mol. The zero-order valence-electron chi connectivity index (χ0n) is 16.9. The summed E-state index contributed by atoms with van der Waals surface area (Å²) in [7, 11) is 0. The zero-order valence-corrected chi connectivity index (χ0v) is 17.7. The van der Waals surface area contributed by atoms with Gasteiger partial charge in [-0.2, -0.15) is 0 Å². The average molecular weight is 420 g/mol. The lowest BCUT2D eigenvalue weighted by atomic mass is 10.1. The van der Waals surface area contributed by atoms with Crippen molar-refractivity contribution in [1.29, 1.82) is 0 Å². The highest BCUT2D eigenvalue weighted by Crippen LogP contribution is 2.20. The molecule has 0 saturated heterocycles. The second kappa shape index (κ2) is 10.0. The molecule has 2 N–H and O–H groups in total. The molecule has 0 bridgehead atoms. The molecule has 8 nitrogen and oxygen atoms in total. The van der Waals surface area contributed by atoms with Gasteiger partial charge in [-0.05, 0) is 45.2 Å². The Morgan fingerprint density at radius 2 is 1.86 bits per heavy atom. The van der Waals surface area contributed by atoms with E-state index in [0.29, 0.717) is 10.4 Å². The number of carbonyl (C=O) groups is 4. The van der Waals surface area contributed by atoms with Crippen molar-refractivity contribution >= 4 is 34.9 Å². The van der Waals surface area contributed by atoms with Crippen LogP contribution in [-0.4, -0.2) is 47.8 Å². The van der Waals surface area contributed by atoms with Gasteiger partial charge >= 0.3 is 5.97 Å². The number of ether oxygens (including phenoxy) is 1. The summed E-state index contributed by atoms with van der Waals surface area (Å²) >= 11 is 1.26. The molecule has 9 heteroatoms. The summed E-state index contributed by atoms with van der Waals surface area (Å²) in [6.45, 7) is 6.79. The van der Waals surface area contributed by atoms with Crippen molar-refractivity contribution in [2.24, 2.45) is 0 Å². The van der Waals surface area contributed by atoms with E-state index in [0.717, 1.165) is 11.4 Å². The summed E-state index contributed by atoms with van der Waals surface area (Å²) < 4.78 is 7.00. The number of thiophene rings is 1. The number of nitrogens with zero attached hydrogens (tertiary/aromatic N) is 1. The molecule has 0 saturated carbocycles. The van der Waals surface area contributed by atoms with E-state index >= 15 is 0 Å². The van der Waals surface area contributed by atoms with Crippen LogP contribution in [-0.2, 0) is 14.3 Å². The number of carbonyl (C=O) groups excluding carboxylic acids is 4.